The molecule has 0 spiro atoms. The number of likely N-dealkylation sites (tertiary alicyclic amines) is 1. The number of amidine groups is 1. The van der Waals surface area contributed by atoms with E-state index >= 15 is 0 Å². The average Bonchev–Trinajstić information content (AvgIpc) is 3.22. The van der Waals surface area contributed by atoms with Crippen molar-refractivity contribution >= 4 is 28.7 Å². The molecule has 0 unspecified atom stereocenters. The van der Waals surface area contributed by atoms with Gasteiger partial charge in [-0.3, -0.25) is 19.5 Å². The number of hydrogen-bond acceptors (Lipinski definition) is 5. The molecule has 2 aliphatic heterocycles. The van der Waals surface area contributed by atoms with E-state index in [0.29, 0.717) is 26.2 Å². The normalized spacial score (nSPS) is 20.5. The zero-order valence-corrected chi connectivity index (χ0v) is 14.7. The van der Waals surface area contributed by atoms with Crippen LogP contribution in [-0.2, 0) is 16.1 Å². The largest absolute Gasteiger partial charge is 0.497 e. The van der Waals surface area contributed by atoms with E-state index in [2.05, 4.69) is 4.99 Å². The first-order valence-corrected chi connectivity index (χ1v) is 9.15. The molecule has 1 aromatic rings. The fourth-order valence-electron chi connectivity index (χ4n) is 3.07. The third kappa shape index (κ3) is 3.40. The van der Waals surface area contributed by atoms with Gasteiger partial charge in [0.2, 0.25) is 11.8 Å². The number of hydrogen-bond donors (Lipinski definition) is 0. The summed E-state index contributed by atoms with van der Waals surface area (Å²) < 4.78 is 5.14. The molecule has 3 rings (SSSR count). The van der Waals surface area contributed by atoms with Gasteiger partial charge in [0.15, 0.2) is 5.17 Å². The lowest BCUT2D eigenvalue weighted by Crippen LogP contribution is -2.38. The van der Waals surface area contributed by atoms with Crippen molar-refractivity contribution in [2.75, 3.05) is 33.0 Å². The van der Waals surface area contributed by atoms with Crippen LogP contribution in [0.3, 0.4) is 0 Å². The summed E-state index contributed by atoms with van der Waals surface area (Å²) in [4.78, 5) is 32.8. The molecule has 1 aromatic carbocycles. The second kappa shape index (κ2) is 7.25. The van der Waals surface area contributed by atoms with Gasteiger partial charge in [0.1, 0.15) is 5.75 Å². The molecule has 0 radical (unpaired) electrons. The van der Waals surface area contributed by atoms with Crippen LogP contribution >= 0.6 is 11.8 Å². The molecule has 6 nitrogen and oxygen atoms in total. The Balaban J connectivity index is 1.62. The van der Waals surface area contributed by atoms with Crippen molar-refractivity contribution in [2.45, 2.75) is 13.0 Å². The molecule has 0 aliphatic carbocycles. The Morgan fingerprint density at radius 3 is 2.79 bits per heavy atom. The van der Waals surface area contributed by atoms with E-state index in [0.717, 1.165) is 16.5 Å². The lowest BCUT2D eigenvalue weighted by molar-refractivity contribution is -0.132. The lowest BCUT2D eigenvalue weighted by atomic mass is 10.1. The summed E-state index contributed by atoms with van der Waals surface area (Å²) in [5.41, 5.74) is 1.03. The van der Waals surface area contributed by atoms with Crippen molar-refractivity contribution in [1.29, 1.82) is 0 Å². The minimum atomic E-state index is -0.272. The van der Waals surface area contributed by atoms with Gasteiger partial charge in [0, 0.05) is 26.1 Å². The number of thioether (sulfide) groups is 1. The number of methoxy groups -OCH3 is 1. The molecular formula is C17H21N3O3S. The number of benzene rings is 1. The van der Waals surface area contributed by atoms with Gasteiger partial charge in [-0.25, -0.2) is 0 Å². The molecule has 1 saturated heterocycles. The Bertz CT molecular complexity index is 660. The Morgan fingerprint density at radius 2 is 2.12 bits per heavy atom. The van der Waals surface area contributed by atoms with Crippen molar-refractivity contribution in [2.24, 2.45) is 10.9 Å². The van der Waals surface area contributed by atoms with Gasteiger partial charge in [-0.05, 0) is 24.0 Å². The Morgan fingerprint density at radius 1 is 1.38 bits per heavy atom. The zero-order valence-electron chi connectivity index (χ0n) is 13.9. The summed E-state index contributed by atoms with van der Waals surface area (Å²) in [6.45, 7) is 2.27. The van der Waals surface area contributed by atoms with E-state index in [1.165, 1.54) is 11.8 Å². The first-order chi connectivity index (χ1) is 11.6. The number of carbonyl (C=O) groups excluding carboxylic acids is 2. The van der Waals surface area contributed by atoms with Gasteiger partial charge in [-0.2, -0.15) is 0 Å². The number of amides is 2. The van der Waals surface area contributed by atoms with Crippen LogP contribution in [0, 0.1) is 5.92 Å². The van der Waals surface area contributed by atoms with Gasteiger partial charge >= 0.3 is 0 Å². The second-order valence-electron chi connectivity index (χ2n) is 5.88. The summed E-state index contributed by atoms with van der Waals surface area (Å²) in [5.74, 6) is 0.570. The number of rotatable bonds is 4. The monoisotopic (exact) mass is 347 g/mol. The highest BCUT2D eigenvalue weighted by Crippen LogP contribution is 2.25. The van der Waals surface area contributed by atoms with Crippen LogP contribution < -0.4 is 4.74 Å². The van der Waals surface area contributed by atoms with E-state index in [1.54, 1.807) is 16.9 Å². The smallest absolute Gasteiger partial charge is 0.234 e. The maximum absolute atomic E-state index is 12.7. The highest BCUT2D eigenvalue weighted by molar-refractivity contribution is 8.13. The fourth-order valence-corrected chi connectivity index (χ4v) is 3.69. The molecule has 0 bridgehead atoms. The van der Waals surface area contributed by atoms with E-state index in [4.69, 9.17) is 4.74 Å². The van der Waals surface area contributed by atoms with Crippen LogP contribution in [0.25, 0.3) is 0 Å². The molecule has 1 fully saturated rings. The topological polar surface area (TPSA) is 62.2 Å². The van der Waals surface area contributed by atoms with Crippen LogP contribution in [0.15, 0.2) is 29.3 Å². The second-order valence-corrected chi connectivity index (χ2v) is 6.66. The summed E-state index contributed by atoms with van der Waals surface area (Å²) in [5, 5.41) is 0.765. The molecule has 2 aliphatic rings. The molecule has 0 N–H and O–H groups in total. The molecule has 2 amide bonds. The molecule has 24 heavy (non-hydrogen) atoms. The molecule has 0 aromatic heterocycles. The summed E-state index contributed by atoms with van der Waals surface area (Å²) >= 11 is 1.48. The zero-order chi connectivity index (χ0) is 17.1. The van der Waals surface area contributed by atoms with Crippen LogP contribution in [-0.4, -0.2) is 59.8 Å². The van der Waals surface area contributed by atoms with Crippen molar-refractivity contribution in [3.05, 3.63) is 29.8 Å². The maximum Gasteiger partial charge on any atom is 0.234 e. The van der Waals surface area contributed by atoms with Crippen molar-refractivity contribution in [3.63, 3.8) is 0 Å². The fraction of sp³-hybridized carbons (Fsp3) is 0.471. The Kier molecular flexibility index (Phi) is 5.08. The van der Waals surface area contributed by atoms with Crippen molar-refractivity contribution < 1.29 is 14.3 Å². The van der Waals surface area contributed by atoms with Crippen molar-refractivity contribution in [3.8, 4) is 5.75 Å². The van der Waals surface area contributed by atoms with Crippen LogP contribution in [0.2, 0.25) is 0 Å². The average molecular weight is 347 g/mol. The molecule has 1 atom stereocenters. The quantitative estimate of drug-likeness (QED) is 0.830. The molecular weight excluding hydrogens is 326 g/mol. The van der Waals surface area contributed by atoms with Crippen LogP contribution in [0.5, 0.6) is 5.75 Å². The first-order valence-electron chi connectivity index (χ1n) is 7.93. The lowest BCUT2D eigenvalue weighted by Gasteiger charge is -2.21. The summed E-state index contributed by atoms with van der Waals surface area (Å²) in [6, 6.07) is 7.65. The highest BCUT2D eigenvalue weighted by Gasteiger charge is 2.38. The maximum atomic E-state index is 12.7. The van der Waals surface area contributed by atoms with E-state index in [9.17, 15) is 9.59 Å². The third-order valence-corrected chi connectivity index (χ3v) is 5.06. The molecule has 2 heterocycles. The standard InChI is InChI=1S/C17H21N3O3S/c1-23-14-5-3-12(4-6-14)10-19-11-13(9-15(19)21)16(22)20-8-7-18-17(20)24-2/h3-6,13H,7-11H2,1-2H3/t13-/m0/s1. The highest BCUT2D eigenvalue weighted by atomic mass is 32.2. The Hall–Kier alpha value is -2.02. The summed E-state index contributed by atoms with van der Waals surface area (Å²) in [7, 11) is 1.62. The van der Waals surface area contributed by atoms with Gasteiger partial charge < -0.3 is 9.64 Å². The van der Waals surface area contributed by atoms with Gasteiger partial charge in [-0.1, -0.05) is 23.9 Å². The molecule has 128 valence electrons. The van der Waals surface area contributed by atoms with Gasteiger partial charge in [0.25, 0.3) is 0 Å². The van der Waals surface area contributed by atoms with E-state index < -0.39 is 0 Å². The van der Waals surface area contributed by atoms with Gasteiger partial charge in [0.05, 0.1) is 19.6 Å². The van der Waals surface area contributed by atoms with Crippen LogP contribution in [0.1, 0.15) is 12.0 Å². The van der Waals surface area contributed by atoms with E-state index in [1.807, 2.05) is 30.5 Å². The molecule has 7 heteroatoms. The minimum absolute atomic E-state index is 0.0196. The number of carbonyl (C=O) groups is 2. The number of ether oxygens (including phenoxy) is 1. The first kappa shape index (κ1) is 16.8. The third-order valence-electron chi connectivity index (χ3n) is 4.35. The number of aliphatic imine (C=N–C) groups is 1. The molecule has 0 saturated carbocycles. The summed E-state index contributed by atoms with van der Waals surface area (Å²) in [6.07, 6.45) is 2.20. The van der Waals surface area contributed by atoms with E-state index in [-0.39, 0.29) is 24.2 Å². The Labute approximate surface area is 145 Å². The van der Waals surface area contributed by atoms with Crippen molar-refractivity contribution in [1.82, 2.24) is 9.80 Å². The minimum Gasteiger partial charge on any atom is -0.497 e. The predicted molar refractivity (Wildman–Crippen MR) is 94.0 cm³/mol. The predicted octanol–water partition coefficient (Wildman–Crippen LogP) is 1.60. The van der Waals surface area contributed by atoms with Gasteiger partial charge in [-0.15, -0.1) is 0 Å². The SMILES string of the molecule is COc1ccc(CN2C[C@@H](C(=O)N3CCN=C3SC)CC2=O)cc1. The number of nitrogens with zero attached hydrogens (tertiary/aromatic N) is 3. The van der Waals surface area contributed by atoms with Crippen LogP contribution in [0.4, 0.5) is 0 Å².